The minimum absolute atomic E-state index is 0.109. The van der Waals surface area contributed by atoms with Gasteiger partial charge in [-0.1, -0.05) is 49.8 Å². The van der Waals surface area contributed by atoms with Crippen LogP contribution in [0.2, 0.25) is 0 Å². The Kier molecular flexibility index (Phi) is 5.34. The van der Waals surface area contributed by atoms with Gasteiger partial charge in [-0.05, 0) is 18.1 Å². The number of carbonyl (C=O) groups is 1. The Labute approximate surface area is 96.9 Å². The molecule has 1 aromatic carbocycles. The van der Waals surface area contributed by atoms with Crippen LogP contribution in [0.3, 0.4) is 0 Å². The number of rotatable bonds is 5. The quantitative estimate of drug-likeness (QED) is 0.708. The Bertz CT molecular complexity index is 341. The van der Waals surface area contributed by atoms with E-state index in [1.54, 1.807) is 0 Å². The van der Waals surface area contributed by atoms with E-state index in [1.807, 2.05) is 42.5 Å². The molecule has 1 atom stereocenters. The maximum atomic E-state index is 10.9. The molecular weight excluding hydrogens is 200 g/mol. The van der Waals surface area contributed by atoms with Crippen LogP contribution in [-0.2, 0) is 9.53 Å². The number of hydrogen-bond acceptors (Lipinski definition) is 2. The number of benzene rings is 1. The smallest absolute Gasteiger partial charge is 0.303 e. The van der Waals surface area contributed by atoms with E-state index in [9.17, 15) is 4.79 Å². The highest BCUT2D eigenvalue weighted by atomic mass is 16.5. The van der Waals surface area contributed by atoms with Crippen LogP contribution in [-0.4, -0.2) is 12.1 Å². The van der Waals surface area contributed by atoms with Gasteiger partial charge in [-0.3, -0.25) is 4.79 Å². The molecule has 16 heavy (non-hydrogen) atoms. The van der Waals surface area contributed by atoms with Crippen molar-refractivity contribution in [1.82, 2.24) is 0 Å². The topological polar surface area (TPSA) is 26.3 Å². The van der Waals surface area contributed by atoms with E-state index in [0.29, 0.717) is 0 Å². The van der Waals surface area contributed by atoms with Gasteiger partial charge in [-0.15, -0.1) is 0 Å². The highest BCUT2D eigenvalue weighted by Crippen LogP contribution is 2.08. The van der Waals surface area contributed by atoms with E-state index in [1.165, 1.54) is 6.92 Å². The van der Waals surface area contributed by atoms with E-state index in [2.05, 4.69) is 6.92 Å². The molecule has 0 aliphatic heterocycles. The van der Waals surface area contributed by atoms with Gasteiger partial charge in [0.15, 0.2) is 0 Å². The maximum Gasteiger partial charge on any atom is 0.303 e. The Morgan fingerprint density at radius 1 is 1.38 bits per heavy atom. The third kappa shape index (κ3) is 4.78. The lowest BCUT2D eigenvalue weighted by atomic mass is 10.1. The minimum Gasteiger partial charge on any atom is -0.458 e. The van der Waals surface area contributed by atoms with Crippen molar-refractivity contribution in [3.05, 3.63) is 42.0 Å². The molecule has 1 unspecified atom stereocenters. The van der Waals surface area contributed by atoms with Crippen LogP contribution >= 0.6 is 0 Å². The molecule has 0 saturated carbocycles. The average Bonchev–Trinajstić information content (AvgIpc) is 2.27. The molecule has 0 aliphatic rings. The highest BCUT2D eigenvalue weighted by Gasteiger charge is 2.05. The predicted octanol–water partition coefficient (Wildman–Crippen LogP) is 3.43. The summed E-state index contributed by atoms with van der Waals surface area (Å²) in [4.78, 5) is 10.9. The largest absolute Gasteiger partial charge is 0.458 e. The van der Waals surface area contributed by atoms with Gasteiger partial charge < -0.3 is 4.74 Å². The Morgan fingerprint density at radius 2 is 2.06 bits per heavy atom. The van der Waals surface area contributed by atoms with Crippen LogP contribution in [0.4, 0.5) is 0 Å². The second kappa shape index (κ2) is 6.83. The lowest BCUT2D eigenvalue weighted by Gasteiger charge is -2.11. The van der Waals surface area contributed by atoms with Gasteiger partial charge >= 0.3 is 5.97 Å². The number of ether oxygens (including phenoxy) is 1. The molecule has 0 fully saturated rings. The first-order valence-corrected chi connectivity index (χ1v) is 5.63. The molecule has 0 bridgehead atoms. The van der Waals surface area contributed by atoms with Crippen molar-refractivity contribution >= 4 is 12.0 Å². The van der Waals surface area contributed by atoms with Crippen LogP contribution in [0.15, 0.2) is 36.4 Å². The minimum atomic E-state index is -0.226. The van der Waals surface area contributed by atoms with Crippen molar-refractivity contribution in [3.63, 3.8) is 0 Å². The van der Waals surface area contributed by atoms with Gasteiger partial charge in [0.25, 0.3) is 0 Å². The van der Waals surface area contributed by atoms with E-state index in [-0.39, 0.29) is 12.1 Å². The molecular formula is C14H18O2. The number of esters is 1. The lowest BCUT2D eigenvalue weighted by molar-refractivity contribution is -0.144. The van der Waals surface area contributed by atoms with Crippen molar-refractivity contribution in [2.24, 2.45) is 0 Å². The van der Waals surface area contributed by atoms with Gasteiger partial charge in [0.2, 0.25) is 0 Å². The molecule has 0 radical (unpaired) electrons. The summed E-state index contributed by atoms with van der Waals surface area (Å²) in [6.07, 6.45) is 5.69. The Hall–Kier alpha value is -1.57. The van der Waals surface area contributed by atoms with Crippen molar-refractivity contribution in [1.29, 1.82) is 0 Å². The predicted molar refractivity (Wildman–Crippen MR) is 65.9 cm³/mol. The summed E-state index contributed by atoms with van der Waals surface area (Å²) in [5.41, 5.74) is 1.12. The Balaban J connectivity index is 2.60. The first-order chi connectivity index (χ1) is 7.72. The van der Waals surface area contributed by atoms with Crippen LogP contribution < -0.4 is 0 Å². The maximum absolute atomic E-state index is 10.9. The van der Waals surface area contributed by atoms with Crippen LogP contribution in [0.5, 0.6) is 0 Å². The lowest BCUT2D eigenvalue weighted by Crippen LogP contribution is -2.12. The van der Waals surface area contributed by atoms with Gasteiger partial charge in [0.1, 0.15) is 6.10 Å². The molecule has 0 aliphatic carbocycles. The molecule has 2 heteroatoms. The highest BCUT2D eigenvalue weighted by molar-refractivity contribution is 5.66. The van der Waals surface area contributed by atoms with Crippen molar-refractivity contribution < 1.29 is 9.53 Å². The van der Waals surface area contributed by atoms with E-state index in [4.69, 9.17) is 4.74 Å². The fourth-order valence-corrected chi connectivity index (χ4v) is 1.47. The zero-order valence-electron chi connectivity index (χ0n) is 9.85. The first-order valence-electron chi connectivity index (χ1n) is 5.63. The van der Waals surface area contributed by atoms with Crippen LogP contribution in [0, 0.1) is 0 Å². The van der Waals surface area contributed by atoms with Gasteiger partial charge in [-0.2, -0.15) is 0 Å². The first kappa shape index (κ1) is 12.5. The summed E-state index contributed by atoms with van der Waals surface area (Å²) >= 11 is 0. The zero-order chi connectivity index (χ0) is 11.8. The zero-order valence-corrected chi connectivity index (χ0v) is 9.85. The fourth-order valence-electron chi connectivity index (χ4n) is 1.47. The fraction of sp³-hybridized carbons (Fsp3) is 0.357. The molecule has 1 aromatic rings. The second-order valence-corrected chi connectivity index (χ2v) is 3.71. The summed E-state index contributed by atoms with van der Waals surface area (Å²) in [5.74, 6) is -0.226. The third-order valence-electron chi connectivity index (χ3n) is 2.19. The van der Waals surface area contributed by atoms with E-state index < -0.39 is 0 Å². The van der Waals surface area contributed by atoms with E-state index in [0.717, 1.165) is 18.4 Å². The van der Waals surface area contributed by atoms with Gasteiger partial charge in [0, 0.05) is 6.92 Å². The summed E-state index contributed by atoms with van der Waals surface area (Å²) in [6.45, 7) is 3.52. The standard InChI is InChI=1S/C14H18O2/c1-3-7-14(16-12(2)15)11-10-13-8-5-4-6-9-13/h4-6,8-11,14H,3,7H2,1-2H3/b11-10+. The van der Waals surface area contributed by atoms with Crippen LogP contribution in [0.25, 0.3) is 6.08 Å². The normalized spacial score (nSPS) is 12.6. The third-order valence-corrected chi connectivity index (χ3v) is 2.19. The Morgan fingerprint density at radius 3 is 2.62 bits per heavy atom. The monoisotopic (exact) mass is 218 g/mol. The van der Waals surface area contributed by atoms with Gasteiger partial charge in [0.05, 0.1) is 0 Å². The SMILES string of the molecule is CCCC(/C=C/c1ccccc1)OC(C)=O. The molecule has 1 rings (SSSR count). The average molecular weight is 218 g/mol. The molecule has 0 saturated heterocycles. The van der Waals surface area contributed by atoms with E-state index >= 15 is 0 Å². The molecule has 0 heterocycles. The van der Waals surface area contributed by atoms with Crippen molar-refractivity contribution in [3.8, 4) is 0 Å². The molecule has 0 N–H and O–H groups in total. The summed E-state index contributed by atoms with van der Waals surface area (Å²) < 4.78 is 5.19. The molecule has 2 nitrogen and oxygen atoms in total. The van der Waals surface area contributed by atoms with Gasteiger partial charge in [-0.25, -0.2) is 0 Å². The van der Waals surface area contributed by atoms with Crippen molar-refractivity contribution in [2.45, 2.75) is 32.8 Å². The van der Waals surface area contributed by atoms with Crippen molar-refractivity contribution in [2.75, 3.05) is 0 Å². The molecule has 0 aromatic heterocycles. The number of carbonyl (C=O) groups excluding carboxylic acids is 1. The second-order valence-electron chi connectivity index (χ2n) is 3.71. The van der Waals surface area contributed by atoms with Crippen LogP contribution in [0.1, 0.15) is 32.3 Å². The molecule has 0 spiro atoms. The summed E-state index contributed by atoms with van der Waals surface area (Å²) in [5, 5.41) is 0. The summed E-state index contributed by atoms with van der Waals surface area (Å²) in [6, 6.07) is 9.99. The number of hydrogen-bond donors (Lipinski definition) is 0. The molecule has 86 valence electrons. The summed E-state index contributed by atoms with van der Waals surface area (Å²) in [7, 11) is 0. The molecule has 0 amide bonds.